The van der Waals surface area contributed by atoms with E-state index in [1.807, 2.05) is 55.4 Å². The molecule has 402 valence electrons. The lowest BCUT2D eigenvalue weighted by Crippen LogP contribution is -2.48. The van der Waals surface area contributed by atoms with Gasteiger partial charge in [-0.25, -0.2) is 9.59 Å². The Bertz CT molecular complexity index is 1460. The maximum Gasteiger partial charge on any atom is 0.331 e. The van der Waals surface area contributed by atoms with Crippen molar-refractivity contribution < 1.29 is 57.3 Å². The molecule has 7 unspecified atom stereocenters. The third-order valence-electron chi connectivity index (χ3n) is 12.2. The Kier molecular flexibility index (Phi) is 40.7. The summed E-state index contributed by atoms with van der Waals surface area (Å²) in [5, 5.41) is 11.5. The largest absolute Gasteiger partial charge is 0.464 e. The van der Waals surface area contributed by atoms with Crippen LogP contribution in [0.2, 0.25) is 0 Å². The van der Waals surface area contributed by atoms with Gasteiger partial charge in [-0.2, -0.15) is 0 Å². The van der Waals surface area contributed by atoms with Gasteiger partial charge in [-0.3, -0.25) is 19.2 Å². The zero-order chi connectivity index (χ0) is 52.7. The van der Waals surface area contributed by atoms with E-state index in [0.29, 0.717) is 57.8 Å². The van der Waals surface area contributed by atoms with E-state index in [9.17, 15) is 38.4 Å². The highest BCUT2D eigenvalue weighted by molar-refractivity contribution is 5.85. The van der Waals surface area contributed by atoms with Crippen molar-refractivity contribution in [3.05, 3.63) is 0 Å². The smallest absolute Gasteiger partial charge is 0.331 e. The fourth-order valence-electron chi connectivity index (χ4n) is 7.32. The van der Waals surface area contributed by atoms with Gasteiger partial charge in [0.25, 0.3) is 0 Å². The van der Waals surface area contributed by atoms with Gasteiger partial charge in [-0.15, -0.1) is 0 Å². The highest BCUT2D eigenvalue weighted by Gasteiger charge is 2.33. The van der Waals surface area contributed by atoms with Crippen molar-refractivity contribution in [3.8, 4) is 0 Å². The van der Waals surface area contributed by atoms with Crippen LogP contribution in [0.5, 0.6) is 0 Å². The highest BCUT2D eigenvalue weighted by Crippen LogP contribution is 2.19. The van der Waals surface area contributed by atoms with E-state index in [0.717, 1.165) is 25.7 Å². The number of nitrogens with one attached hydrogen (secondary N) is 4. The van der Waals surface area contributed by atoms with Crippen LogP contribution in [0.25, 0.3) is 0 Å². The number of likely N-dealkylation sites (N-methyl/N-ethyl adjacent to an activating group) is 2. The maximum atomic E-state index is 13.3. The second kappa shape index (κ2) is 41.8. The van der Waals surface area contributed by atoms with Gasteiger partial charge in [0.05, 0.1) is 13.2 Å². The van der Waals surface area contributed by atoms with E-state index in [2.05, 4.69) is 28.2 Å². The molecule has 0 fully saturated rings. The molecular formula is C53H98N4O12. The van der Waals surface area contributed by atoms with Crippen LogP contribution in [0.3, 0.4) is 0 Å². The molecule has 0 radical (unpaired) electrons. The Balaban J connectivity index is 0. The van der Waals surface area contributed by atoms with E-state index in [1.54, 1.807) is 14.1 Å². The monoisotopic (exact) mass is 983 g/mol. The lowest BCUT2D eigenvalue weighted by Gasteiger charge is -2.27. The molecule has 0 saturated carbocycles. The molecule has 0 spiro atoms. The molecule has 0 heterocycles. The Morgan fingerprint density at radius 2 is 0.797 bits per heavy atom. The number of ketones is 2. The van der Waals surface area contributed by atoms with Gasteiger partial charge in [-0.05, 0) is 83.7 Å². The van der Waals surface area contributed by atoms with Crippen LogP contribution in [0.4, 0.5) is 0 Å². The molecule has 16 heteroatoms. The third kappa shape index (κ3) is 34.1. The van der Waals surface area contributed by atoms with Crippen LogP contribution < -0.4 is 21.3 Å². The van der Waals surface area contributed by atoms with Crippen molar-refractivity contribution >= 4 is 47.3 Å². The normalized spacial score (nSPS) is 14.2. The fraction of sp³-hybridized carbons (Fsp3) is 0.849. The van der Waals surface area contributed by atoms with Gasteiger partial charge in [0.2, 0.25) is 18.1 Å². The van der Waals surface area contributed by atoms with Crippen LogP contribution in [0, 0.1) is 23.7 Å². The standard InChI is InChI=1S/C32H60N2O6.C21H38N2O6/c1-8-11-12-13-14-15-16-17-18-23-28(39-31(37)29(33-7)24(4)9-2)40-32(38)30(25(5)10-3)34-27(36)22-20-19-21-26(6)35;1-14(2)18(22-6)20(26)28-12-9-13-29-21(27)19(15(3)4)23-17(25)11-8-7-10-16(5)24/h24-25,28-30,33H,8-23H2,1-7H3,(H,34,36);14-15,18-19,22H,7-13H2,1-6H3,(H,23,25). The molecule has 0 bridgehead atoms. The first-order chi connectivity index (χ1) is 32.7. The van der Waals surface area contributed by atoms with Crippen LogP contribution in [-0.4, -0.2) is 105 Å². The number of esters is 4. The fourth-order valence-corrected chi connectivity index (χ4v) is 7.32. The van der Waals surface area contributed by atoms with Crippen LogP contribution in [0.1, 0.15) is 211 Å². The summed E-state index contributed by atoms with van der Waals surface area (Å²) in [7, 11) is 3.43. The summed E-state index contributed by atoms with van der Waals surface area (Å²) < 4.78 is 22.0. The maximum absolute atomic E-state index is 13.3. The predicted molar refractivity (Wildman–Crippen MR) is 271 cm³/mol. The van der Waals surface area contributed by atoms with Crippen LogP contribution >= 0.6 is 0 Å². The van der Waals surface area contributed by atoms with E-state index in [1.165, 1.54) is 52.4 Å². The number of carbonyl (C=O) groups is 8. The van der Waals surface area contributed by atoms with Crippen molar-refractivity contribution in [3.63, 3.8) is 0 Å². The molecule has 2 amide bonds. The van der Waals surface area contributed by atoms with Crippen molar-refractivity contribution in [2.75, 3.05) is 27.3 Å². The summed E-state index contributed by atoms with van der Waals surface area (Å²) in [6.07, 6.45) is 15.5. The van der Waals surface area contributed by atoms with Gasteiger partial charge >= 0.3 is 23.9 Å². The highest BCUT2D eigenvalue weighted by atomic mass is 16.7. The van der Waals surface area contributed by atoms with Gasteiger partial charge in [0, 0.05) is 38.5 Å². The molecule has 0 aliphatic rings. The molecule has 0 aromatic rings. The number of carbonyl (C=O) groups excluding carboxylic acids is 8. The first-order valence-corrected chi connectivity index (χ1v) is 26.4. The molecule has 0 saturated heterocycles. The van der Waals surface area contributed by atoms with E-state index in [4.69, 9.17) is 18.9 Å². The first-order valence-electron chi connectivity index (χ1n) is 26.4. The van der Waals surface area contributed by atoms with E-state index in [-0.39, 0.29) is 85.1 Å². The Labute approximate surface area is 417 Å². The Morgan fingerprint density at radius 1 is 0.420 bits per heavy atom. The van der Waals surface area contributed by atoms with Crippen molar-refractivity contribution in [1.29, 1.82) is 0 Å². The number of ether oxygens (including phenoxy) is 4. The van der Waals surface area contributed by atoms with Gasteiger partial charge < -0.3 is 49.8 Å². The van der Waals surface area contributed by atoms with Gasteiger partial charge in [0.15, 0.2) is 0 Å². The minimum Gasteiger partial charge on any atom is -0.464 e. The molecule has 0 aliphatic carbocycles. The molecule has 0 aromatic carbocycles. The summed E-state index contributed by atoms with van der Waals surface area (Å²) in [6, 6.07) is -2.42. The van der Waals surface area contributed by atoms with Crippen molar-refractivity contribution in [2.24, 2.45) is 23.7 Å². The van der Waals surface area contributed by atoms with E-state index >= 15 is 0 Å². The van der Waals surface area contributed by atoms with Crippen LogP contribution in [0.15, 0.2) is 0 Å². The number of amides is 2. The summed E-state index contributed by atoms with van der Waals surface area (Å²) >= 11 is 0. The molecular weight excluding hydrogens is 885 g/mol. The van der Waals surface area contributed by atoms with Crippen LogP contribution in [-0.2, 0) is 57.3 Å². The Hall–Kier alpha value is -3.92. The van der Waals surface area contributed by atoms with Crippen molar-refractivity contribution in [2.45, 2.75) is 241 Å². The molecule has 7 atom stereocenters. The van der Waals surface area contributed by atoms with Crippen molar-refractivity contribution in [1.82, 2.24) is 21.3 Å². The number of Topliss-reactive ketones (excluding diaryl/α,β-unsaturated/α-hetero) is 2. The third-order valence-corrected chi connectivity index (χ3v) is 12.2. The Morgan fingerprint density at radius 3 is 1.20 bits per heavy atom. The second-order valence-electron chi connectivity index (χ2n) is 19.3. The molecule has 16 nitrogen and oxygen atoms in total. The summed E-state index contributed by atoms with van der Waals surface area (Å²) in [5.74, 6) is -2.20. The average Bonchev–Trinajstić information content (AvgIpc) is 3.29. The molecule has 0 aliphatic heterocycles. The molecule has 4 N–H and O–H groups in total. The lowest BCUT2D eigenvalue weighted by molar-refractivity contribution is -0.194. The predicted octanol–water partition coefficient (Wildman–Crippen LogP) is 8.63. The first kappa shape index (κ1) is 67.2. The lowest BCUT2D eigenvalue weighted by atomic mass is 9.98. The molecule has 0 rings (SSSR count). The number of rotatable bonds is 40. The topological polar surface area (TPSA) is 222 Å². The average molecular weight is 983 g/mol. The summed E-state index contributed by atoms with van der Waals surface area (Å²) in [5.41, 5.74) is 0. The zero-order valence-electron chi connectivity index (χ0n) is 45.4. The van der Waals surface area contributed by atoms with Gasteiger partial charge in [-0.1, -0.05) is 127 Å². The number of hydrogen-bond acceptors (Lipinski definition) is 14. The number of hydrogen-bond donors (Lipinski definition) is 4. The minimum atomic E-state index is -0.997. The van der Waals surface area contributed by atoms with Gasteiger partial charge in [0.1, 0.15) is 35.7 Å². The number of unbranched alkanes of at least 4 members (excludes halogenated alkanes) is 10. The SMILES string of the molecule is CCCCCCCCCCCC(OC(=O)C(NC)C(C)CC)OC(=O)C(NC(=O)CCCCC(C)=O)C(C)CC.CNC(C(=O)OCCCOC(=O)C(NC(=O)CCCCC(C)=O)C(C)C)C(C)C. The minimum absolute atomic E-state index is 0.0664. The summed E-state index contributed by atoms with van der Waals surface area (Å²) in [4.78, 5) is 97.2. The second-order valence-corrected chi connectivity index (χ2v) is 19.3. The van der Waals surface area contributed by atoms with E-state index < -0.39 is 42.3 Å². The summed E-state index contributed by atoms with van der Waals surface area (Å²) in [6.45, 7) is 20.9. The zero-order valence-corrected chi connectivity index (χ0v) is 45.4. The quantitative estimate of drug-likeness (QED) is 0.0195. The molecule has 0 aromatic heterocycles. The molecule has 69 heavy (non-hydrogen) atoms.